The van der Waals surface area contributed by atoms with Gasteiger partial charge >= 0.3 is 5.97 Å². The van der Waals surface area contributed by atoms with Crippen LogP contribution in [0.25, 0.3) is 0 Å². The first-order chi connectivity index (χ1) is 13.2. The van der Waals surface area contributed by atoms with Gasteiger partial charge in [-0.05, 0) is 45.1 Å². The topological polar surface area (TPSA) is 68.6 Å². The molecule has 28 heavy (non-hydrogen) atoms. The van der Waals surface area contributed by atoms with E-state index in [2.05, 4.69) is 18.4 Å². The first kappa shape index (κ1) is 22.2. The lowest BCUT2D eigenvalue weighted by molar-refractivity contribution is -0.150. The summed E-state index contributed by atoms with van der Waals surface area (Å²) in [6, 6.07) is 1.88. The Morgan fingerprint density at radius 3 is 2.61 bits per heavy atom. The van der Waals surface area contributed by atoms with Crippen molar-refractivity contribution >= 4 is 17.7 Å². The van der Waals surface area contributed by atoms with Crippen LogP contribution in [-0.2, 0) is 20.9 Å². The van der Waals surface area contributed by atoms with Gasteiger partial charge in [-0.2, -0.15) is 0 Å². The van der Waals surface area contributed by atoms with Crippen LogP contribution in [0.15, 0.2) is 6.07 Å². The molecule has 0 radical (unpaired) electrons. The number of piperidine rings is 1. The Balaban J connectivity index is 1.94. The van der Waals surface area contributed by atoms with Gasteiger partial charge in [-0.25, -0.2) is 0 Å². The zero-order valence-corrected chi connectivity index (χ0v) is 17.9. The molecule has 1 amide bonds. The van der Waals surface area contributed by atoms with E-state index in [4.69, 9.17) is 4.74 Å². The van der Waals surface area contributed by atoms with Crippen molar-refractivity contribution in [2.45, 2.75) is 66.8 Å². The van der Waals surface area contributed by atoms with Crippen LogP contribution in [0.3, 0.4) is 0 Å². The van der Waals surface area contributed by atoms with Crippen molar-refractivity contribution in [1.29, 1.82) is 0 Å². The van der Waals surface area contributed by atoms with Crippen LogP contribution in [0.5, 0.6) is 0 Å². The van der Waals surface area contributed by atoms with Crippen LogP contribution < -0.4 is 0 Å². The normalized spacial score (nSPS) is 17.1. The highest BCUT2D eigenvalue weighted by Crippen LogP contribution is 2.20. The zero-order valence-electron chi connectivity index (χ0n) is 17.9. The molecule has 0 N–H and O–H groups in total. The van der Waals surface area contributed by atoms with Crippen molar-refractivity contribution in [3.05, 3.63) is 23.0 Å². The highest BCUT2D eigenvalue weighted by atomic mass is 16.5. The van der Waals surface area contributed by atoms with Crippen molar-refractivity contribution in [2.75, 3.05) is 19.7 Å². The predicted molar refractivity (Wildman–Crippen MR) is 108 cm³/mol. The van der Waals surface area contributed by atoms with Gasteiger partial charge in [-0.15, -0.1) is 0 Å². The first-order valence-electron chi connectivity index (χ1n) is 10.4. The summed E-state index contributed by atoms with van der Waals surface area (Å²) in [5.74, 6) is -0.237. The lowest BCUT2D eigenvalue weighted by atomic mass is 9.98. The minimum Gasteiger partial charge on any atom is -0.457 e. The van der Waals surface area contributed by atoms with Crippen molar-refractivity contribution < 1.29 is 19.1 Å². The summed E-state index contributed by atoms with van der Waals surface area (Å²) < 4.78 is 7.48. The molecule has 1 aliphatic rings. The lowest BCUT2D eigenvalue weighted by Crippen LogP contribution is -2.42. The molecule has 2 rings (SSSR count). The molecule has 1 aromatic heterocycles. The Hall–Kier alpha value is -2.11. The van der Waals surface area contributed by atoms with E-state index in [1.807, 2.05) is 26.8 Å². The molecule has 6 nitrogen and oxygen atoms in total. The number of rotatable bonds is 8. The second kappa shape index (κ2) is 9.89. The number of hydrogen-bond acceptors (Lipinski definition) is 4. The van der Waals surface area contributed by atoms with Crippen LogP contribution in [0.1, 0.15) is 68.2 Å². The summed E-state index contributed by atoms with van der Waals surface area (Å²) >= 11 is 0. The summed E-state index contributed by atoms with van der Waals surface area (Å²) in [7, 11) is 0. The van der Waals surface area contributed by atoms with E-state index in [9.17, 15) is 14.4 Å². The third-order valence-electron chi connectivity index (χ3n) is 5.56. The van der Waals surface area contributed by atoms with E-state index in [1.54, 1.807) is 4.90 Å². The van der Waals surface area contributed by atoms with Gasteiger partial charge in [-0.3, -0.25) is 14.4 Å². The van der Waals surface area contributed by atoms with Gasteiger partial charge in [0.15, 0.2) is 6.61 Å². The second-order valence-electron chi connectivity index (χ2n) is 8.18. The third-order valence-corrected chi connectivity index (χ3v) is 5.56. The summed E-state index contributed by atoms with van der Waals surface area (Å²) in [4.78, 5) is 38.6. The van der Waals surface area contributed by atoms with E-state index < -0.39 is 0 Å². The number of amides is 1. The maximum Gasteiger partial charge on any atom is 0.311 e. The lowest BCUT2D eigenvalue weighted by Gasteiger charge is -2.31. The van der Waals surface area contributed by atoms with Crippen LogP contribution in [-0.4, -0.2) is 46.8 Å². The molecule has 0 aliphatic carbocycles. The number of nitrogens with zero attached hydrogens (tertiary/aromatic N) is 2. The summed E-state index contributed by atoms with van der Waals surface area (Å²) in [5.41, 5.74) is 2.60. The molecule has 1 atom stereocenters. The van der Waals surface area contributed by atoms with Crippen molar-refractivity contribution in [3.63, 3.8) is 0 Å². The first-order valence-corrected chi connectivity index (χ1v) is 10.4. The number of aromatic nitrogens is 1. The largest absolute Gasteiger partial charge is 0.457 e. The Morgan fingerprint density at radius 1 is 1.25 bits per heavy atom. The SMILES string of the molecule is CCC(=O)N1CCCC(C(=O)OCC(=O)c2cc(C)n(CCC(C)C)c2C)C1. The Morgan fingerprint density at radius 2 is 1.96 bits per heavy atom. The Kier molecular flexibility index (Phi) is 7.84. The molecule has 0 bridgehead atoms. The number of hydrogen-bond donors (Lipinski definition) is 0. The molecular weight excluding hydrogens is 356 g/mol. The fraction of sp³-hybridized carbons (Fsp3) is 0.682. The van der Waals surface area contributed by atoms with Gasteiger partial charge in [-0.1, -0.05) is 20.8 Å². The summed E-state index contributed by atoms with van der Waals surface area (Å²) in [6.07, 6.45) is 2.97. The number of aryl methyl sites for hydroxylation is 1. The van der Waals surface area contributed by atoms with Crippen molar-refractivity contribution in [3.8, 4) is 0 Å². The molecule has 1 unspecified atom stereocenters. The number of carbonyl (C=O) groups is 3. The van der Waals surface area contributed by atoms with Gasteiger partial charge in [0.2, 0.25) is 11.7 Å². The average molecular weight is 391 g/mol. The number of ketones is 1. The standard InChI is InChI=1S/C22H34N2O4/c1-6-21(26)23-10-7-8-18(13-23)22(27)28-14-20(25)19-12-16(4)24(17(19)5)11-9-15(2)3/h12,15,18H,6-11,13-14H2,1-5H3. The average Bonchev–Trinajstić information content (AvgIpc) is 2.97. The smallest absolute Gasteiger partial charge is 0.311 e. The number of esters is 1. The number of ether oxygens (including phenoxy) is 1. The van der Waals surface area contributed by atoms with Crippen molar-refractivity contribution in [1.82, 2.24) is 9.47 Å². The summed E-state index contributed by atoms with van der Waals surface area (Å²) in [6.45, 7) is 11.8. The maximum absolute atomic E-state index is 12.6. The third kappa shape index (κ3) is 5.46. The van der Waals surface area contributed by atoms with E-state index >= 15 is 0 Å². The molecule has 6 heteroatoms. The van der Waals surface area contributed by atoms with E-state index in [0.29, 0.717) is 37.4 Å². The minimum absolute atomic E-state index is 0.0578. The highest BCUT2D eigenvalue weighted by molar-refractivity contribution is 5.99. The van der Waals surface area contributed by atoms with Gasteiger partial charge in [0.05, 0.1) is 5.92 Å². The van der Waals surface area contributed by atoms with Gasteiger partial charge in [0.1, 0.15) is 0 Å². The van der Waals surface area contributed by atoms with Gasteiger partial charge in [0.25, 0.3) is 0 Å². The van der Waals surface area contributed by atoms with Crippen LogP contribution in [0.2, 0.25) is 0 Å². The molecule has 1 fully saturated rings. The van der Waals surface area contributed by atoms with Gasteiger partial charge in [0, 0.05) is 43.0 Å². The maximum atomic E-state index is 12.6. The minimum atomic E-state index is -0.379. The zero-order chi connectivity index (χ0) is 20.8. The number of Topliss-reactive ketones (excluding diaryl/α,β-unsaturated/α-hetero) is 1. The summed E-state index contributed by atoms with van der Waals surface area (Å²) in [5, 5.41) is 0. The quantitative estimate of drug-likeness (QED) is 0.503. The van der Waals surface area contributed by atoms with Crippen LogP contribution in [0.4, 0.5) is 0 Å². The number of likely N-dealkylation sites (tertiary alicyclic amines) is 1. The van der Waals surface area contributed by atoms with E-state index in [0.717, 1.165) is 30.8 Å². The molecule has 0 saturated carbocycles. The monoisotopic (exact) mass is 390 g/mol. The number of carbonyl (C=O) groups excluding carboxylic acids is 3. The Bertz CT molecular complexity index is 720. The van der Waals surface area contributed by atoms with Crippen molar-refractivity contribution in [2.24, 2.45) is 11.8 Å². The molecule has 1 aromatic rings. The second-order valence-corrected chi connectivity index (χ2v) is 8.18. The highest BCUT2D eigenvalue weighted by Gasteiger charge is 2.29. The molecule has 1 saturated heterocycles. The fourth-order valence-electron chi connectivity index (χ4n) is 3.77. The fourth-order valence-corrected chi connectivity index (χ4v) is 3.77. The molecule has 0 aromatic carbocycles. The van der Waals surface area contributed by atoms with E-state index in [1.165, 1.54) is 0 Å². The molecule has 1 aliphatic heterocycles. The van der Waals surface area contributed by atoms with Crippen LogP contribution >= 0.6 is 0 Å². The molecule has 0 spiro atoms. The molecule has 156 valence electrons. The molecule has 2 heterocycles. The van der Waals surface area contributed by atoms with Crippen LogP contribution in [0, 0.1) is 25.7 Å². The van der Waals surface area contributed by atoms with E-state index in [-0.39, 0.29) is 30.2 Å². The predicted octanol–water partition coefficient (Wildman–Crippen LogP) is 3.53. The Labute approximate surface area is 168 Å². The molecular formula is C22H34N2O4. The van der Waals surface area contributed by atoms with Gasteiger partial charge < -0.3 is 14.2 Å².